The van der Waals surface area contributed by atoms with E-state index in [2.05, 4.69) is 15.3 Å². The fraction of sp³-hybridized carbons (Fsp3) is 0.300. The second-order valence-electron chi connectivity index (χ2n) is 7.51. The lowest BCUT2D eigenvalue weighted by molar-refractivity contribution is -0.117. The van der Waals surface area contributed by atoms with Gasteiger partial charge in [-0.1, -0.05) is 0 Å². The lowest BCUT2D eigenvalue weighted by atomic mass is 10.0. The maximum Gasteiger partial charge on any atom is 0.260 e. The lowest BCUT2D eigenvalue weighted by Gasteiger charge is -2.16. The number of halogens is 3. The van der Waals surface area contributed by atoms with Gasteiger partial charge in [0.05, 0.1) is 5.56 Å². The first-order valence-corrected chi connectivity index (χ1v) is 9.35. The first-order valence-electron chi connectivity index (χ1n) is 9.35. The van der Waals surface area contributed by atoms with E-state index in [4.69, 9.17) is 5.73 Å². The van der Waals surface area contributed by atoms with Crippen LogP contribution in [-0.2, 0) is 4.79 Å². The summed E-state index contributed by atoms with van der Waals surface area (Å²) in [5.41, 5.74) is 3.45. The molecule has 3 N–H and O–H groups in total. The molecule has 3 aromatic rings. The number of carbonyl (C=O) groups is 1. The Morgan fingerprint density at radius 3 is 2.53 bits per heavy atom. The van der Waals surface area contributed by atoms with Crippen molar-refractivity contribution in [2.24, 2.45) is 5.92 Å². The van der Waals surface area contributed by atoms with Gasteiger partial charge in [0.25, 0.3) is 5.56 Å². The molecule has 10 heteroatoms. The van der Waals surface area contributed by atoms with Crippen LogP contribution in [0.15, 0.2) is 23.1 Å². The van der Waals surface area contributed by atoms with Crippen molar-refractivity contribution in [2.75, 3.05) is 11.1 Å². The van der Waals surface area contributed by atoms with Gasteiger partial charge in [-0.3, -0.25) is 14.2 Å². The molecule has 0 saturated heterocycles. The third-order valence-corrected chi connectivity index (χ3v) is 4.95. The van der Waals surface area contributed by atoms with Crippen LogP contribution in [-0.4, -0.2) is 20.4 Å². The Morgan fingerprint density at radius 2 is 1.90 bits per heavy atom. The van der Waals surface area contributed by atoms with E-state index in [-0.39, 0.29) is 23.1 Å². The maximum absolute atomic E-state index is 14.9. The molecule has 4 rings (SSSR count). The summed E-state index contributed by atoms with van der Waals surface area (Å²) in [4.78, 5) is 32.8. The molecule has 30 heavy (non-hydrogen) atoms. The van der Waals surface area contributed by atoms with Crippen molar-refractivity contribution in [3.63, 3.8) is 0 Å². The lowest BCUT2D eigenvalue weighted by Crippen LogP contribution is -2.25. The monoisotopic (exact) mass is 417 g/mol. The summed E-state index contributed by atoms with van der Waals surface area (Å²) < 4.78 is 45.4. The molecule has 7 nitrogen and oxygen atoms in total. The Morgan fingerprint density at radius 1 is 1.20 bits per heavy atom. The summed E-state index contributed by atoms with van der Waals surface area (Å²) in [7, 11) is 0. The second-order valence-corrected chi connectivity index (χ2v) is 7.51. The fourth-order valence-corrected chi connectivity index (χ4v) is 3.28. The third kappa shape index (κ3) is 3.27. The third-order valence-electron chi connectivity index (χ3n) is 4.95. The van der Waals surface area contributed by atoms with E-state index in [1.54, 1.807) is 13.8 Å². The molecule has 0 bridgehead atoms. The van der Waals surface area contributed by atoms with Gasteiger partial charge in [0, 0.05) is 29.1 Å². The minimum Gasteiger partial charge on any atom is -0.368 e. The maximum atomic E-state index is 14.9. The highest BCUT2D eigenvalue weighted by molar-refractivity contribution is 5.94. The molecule has 1 aliphatic rings. The molecule has 156 valence electrons. The number of fused-ring (bicyclic) bond motifs is 1. The molecular weight excluding hydrogens is 399 g/mol. The summed E-state index contributed by atoms with van der Waals surface area (Å²) in [5.74, 6) is -5.13. The van der Waals surface area contributed by atoms with Gasteiger partial charge in [0.1, 0.15) is 11.3 Å². The number of hydrogen-bond acceptors (Lipinski definition) is 5. The highest BCUT2D eigenvalue weighted by Gasteiger charge is 2.32. The average Bonchev–Trinajstić information content (AvgIpc) is 3.52. The Kier molecular flexibility index (Phi) is 4.71. The Balaban J connectivity index is 1.92. The zero-order valence-corrected chi connectivity index (χ0v) is 16.2. The molecule has 1 aliphatic carbocycles. The first-order chi connectivity index (χ1) is 14.2. The normalized spacial score (nSPS) is 13.8. The number of anilines is 2. The zero-order chi connectivity index (χ0) is 21.7. The number of nitrogens with one attached hydrogen (secondary N) is 1. The SMILES string of the molecule is CC(C)n1c(=O)c(-c2cc(F)c(NC(=O)C3CC3)c(F)c2F)cc2cnc(N)nc21. The van der Waals surface area contributed by atoms with Crippen LogP contribution in [0, 0.1) is 23.4 Å². The van der Waals surface area contributed by atoms with Crippen LogP contribution in [0.4, 0.5) is 24.8 Å². The topological polar surface area (TPSA) is 103 Å². The number of nitrogen functional groups attached to an aromatic ring is 1. The summed E-state index contributed by atoms with van der Waals surface area (Å²) >= 11 is 0. The predicted octanol–water partition coefficient (Wildman–Crippen LogP) is 3.39. The summed E-state index contributed by atoms with van der Waals surface area (Å²) in [6, 6.07) is 1.56. The van der Waals surface area contributed by atoms with E-state index in [1.165, 1.54) is 16.8 Å². The molecule has 1 amide bonds. The predicted molar refractivity (Wildman–Crippen MR) is 105 cm³/mol. The van der Waals surface area contributed by atoms with Gasteiger partial charge in [-0.25, -0.2) is 18.2 Å². The van der Waals surface area contributed by atoms with E-state index in [1.807, 2.05) is 0 Å². The van der Waals surface area contributed by atoms with Crippen LogP contribution in [0.5, 0.6) is 0 Å². The van der Waals surface area contributed by atoms with Gasteiger partial charge in [0.2, 0.25) is 11.9 Å². The van der Waals surface area contributed by atoms with Crippen LogP contribution in [0.2, 0.25) is 0 Å². The van der Waals surface area contributed by atoms with E-state index in [0.29, 0.717) is 24.3 Å². The number of hydrogen-bond donors (Lipinski definition) is 2. The molecule has 1 saturated carbocycles. The van der Waals surface area contributed by atoms with Crippen LogP contribution in [0.1, 0.15) is 32.7 Å². The number of amides is 1. The van der Waals surface area contributed by atoms with E-state index >= 15 is 0 Å². The quantitative estimate of drug-likeness (QED) is 0.634. The van der Waals surface area contributed by atoms with Crippen molar-refractivity contribution in [3.05, 3.63) is 46.1 Å². The van der Waals surface area contributed by atoms with Crippen LogP contribution in [0.25, 0.3) is 22.2 Å². The smallest absolute Gasteiger partial charge is 0.260 e. The van der Waals surface area contributed by atoms with Gasteiger partial charge in [-0.2, -0.15) is 4.98 Å². The minimum absolute atomic E-state index is 0.0527. The van der Waals surface area contributed by atoms with Crippen LogP contribution < -0.4 is 16.6 Å². The van der Waals surface area contributed by atoms with E-state index in [0.717, 1.165) is 0 Å². The van der Waals surface area contributed by atoms with Crippen molar-refractivity contribution in [3.8, 4) is 11.1 Å². The van der Waals surface area contributed by atoms with Crippen molar-refractivity contribution in [1.29, 1.82) is 0 Å². The minimum atomic E-state index is -1.57. The number of nitrogens with two attached hydrogens (primary N) is 1. The highest BCUT2D eigenvalue weighted by Crippen LogP contribution is 2.34. The summed E-state index contributed by atoms with van der Waals surface area (Å²) in [5, 5.41) is 2.44. The van der Waals surface area contributed by atoms with Crippen molar-refractivity contribution < 1.29 is 18.0 Å². The average molecular weight is 417 g/mol. The van der Waals surface area contributed by atoms with Crippen LogP contribution in [0.3, 0.4) is 0 Å². The van der Waals surface area contributed by atoms with Gasteiger partial charge >= 0.3 is 0 Å². The molecule has 0 aliphatic heterocycles. The number of nitrogens with zero attached hydrogens (tertiary/aromatic N) is 3. The Labute approximate surface area is 168 Å². The van der Waals surface area contributed by atoms with Gasteiger partial charge in [0.15, 0.2) is 17.5 Å². The van der Waals surface area contributed by atoms with Gasteiger partial charge in [-0.05, 0) is 38.8 Å². The van der Waals surface area contributed by atoms with Crippen molar-refractivity contribution in [2.45, 2.75) is 32.7 Å². The summed E-state index contributed by atoms with van der Waals surface area (Å²) in [6.45, 7) is 3.41. The molecule has 0 atom stereocenters. The molecule has 2 heterocycles. The van der Waals surface area contributed by atoms with E-state index < -0.39 is 46.2 Å². The van der Waals surface area contributed by atoms with Crippen molar-refractivity contribution in [1.82, 2.24) is 14.5 Å². The Hall–Kier alpha value is -3.43. The molecule has 0 spiro atoms. The molecule has 1 fully saturated rings. The molecule has 0 radical (unpaired) electrons. The number of aromatic nitrogens is 3. The van der Waals surface area contributed by atoms with Gasteiger partial charge in [-0.15, -0.1) is 0 Å². The molecule has 0 unspecified atom stereocenters. The highest BCUT2D eigenvalue weighted by atomic mass is 19.2. The zero-order valence-electron chi connectivity index (χ0n) is 16.2. The molecule has 1 aromatic carbocycles. The van der Waals surface area contributed by atoms with Crippen molar-refractivity contribution >= 4 is 28.6 Å². The number of carbonyl (C=O) groups excluding carboxylic acids is 1. The number of rotatable bonds is 4. The Bertz CT molecular complexity index is 1250. The van der Waals surface area contributed by atoms with E-state index in [9.17, 15) is 22.8 Å². The number of pyridine rings is 1. The summed E-state index contributed by atoms with van der Waals surface area (Å²) in [6.07, 6.45) is 2.58. The fourth-order valence-electron chi connectivity index (χ4n) is 3.28. The largest absolute Gasteiger partial charge is 0.368 e. The van der Waals surface area contributed by atoms with Gasteiger partial charge < -0.3 is 11.1 Å². The standard InChI is InChI=1S/C20H18F3N5O2/c1-8(2)28-17-10(7-25-20(24)27-17)5-12(19(28)30)11-6-13(21)16(15(23)14(11)22)26-18(29)9-3-4-9/h5-9H,3-4H2,1-2H3,(H,26,29)(H2,24,25,27). The number of benzene rings is 1. The van der Waals surface area contributed by atoms with Crippen LogP contribution >= 0.6 is 0 Å². The second kappa shape index (κ2) is 7.12. The molecule has 2 aromatic heterocycles. The first kappa shape index (κ1) is 19.9. The molecular formula is C20H18F3N5O2.